The molecule has 1 N–H and O–H groups in total. The fraction of sp³-hybridized carbons (Fsp3) is 0.118. The number of rotatable bonds is 5. The highest BCUT2D eigenvalue weighted by Gasteiger charge is 2.13. The minimum Gasteiger partial charge on any atom is -0.508 e. The summed E-state index contributed by atoms with van der Waals surface area (Å²) in [4.78, 5) is 12.1. The molecular weight excluding hydrogens is 312 g/mol. The van der Waals surface area contributed by atoms with E-state index in [1.807, 2.05) is 31.2 Å². The molecule has 3 aromatic rings. The van der Waals surface area contributed by atoms with Crippen molar-refractivity contribution in [3.05, 3.63) is 59.7 Å². The molecule has 0 aliphatic rings. The Morgan fingerprint density at radius 2 is 1.87 bits per heavy atom. The number of aromatic hydroxyl groups is 1. The van der Waals surface area contributed by atoms with Crippen LogP contribution in [0.25, 0.3) is 11.5 Å². The monoisotopic (exact) mass is 326 g/mol. The minimum absolute atomic E-state index is 0.0642. The summed E-state index contributed by atoms with van der Waals surface area (Å²) in [5, 5.41) is 17.6. The van der Waals surface area contributed by atoms with Crippen molar-refractivity contribution in [2.24, 2.45) is 0 Å². The summed E-state index contributed by atoms with van der Waals surface area (Å²) in [5.41, 5.74) is 2.47. The van der Waals surface area contributed by atoms with Gasteiger partial charge in [-0.1, -0.05) is 30.0 Å². The summed E-state index contributed by atoms with van der Waals surface area (Å²) < 4.78 is 5.60. The van der Waals surface area contributed by atoms with Crippen LogP contribution in [0.15, 0.2) is 58.2 Å². The average molecular weight is 326 g/mol. The van der Waals surface area contributed by atoms with Crippen LogP contribution in [0.4, 0.5) is 0 Å². The quantitative estimate of drug-likeness (QED) is 0.569. The van der Waals surface area contributed by atoms with E-state index >= 15 is 0 Å². The maximum atomic E-state index is 12.1. The van der Waals surface area contributed by atoms with Gasteiger partial charge in [-0.15, -0.1) is 10.2 Å². The van der Waals surface area contributed by atoms with Crippen molar-refractivity contribution in [3.63, 3.8) is 0 Å². The molecule has 0 saturated heterocycles. The van der Waals surface area contributed by atoms with Crippen molar-refractivity contribution < 1.29 is 14.3 Å². The lowest BCUT2D eigenvalue weighted by atomic mass is 10.1. The number of hydrogen-bond acceptors (Lipinski definition) is 6. The van der Waals surface area contributed by atoms with Crippen LogP contribution in [-0.2, 0) is 0 Å². The molecule has 0 fully saturated rings. The highest BCUT2D eigenvalue weighted by molar-refractivity contribution is 7.99. The molecule has 0 bridgehead atoms. The molecule has 1 aromatic heterocycles. The third-order valence-electron chi connectivity index (χ3n) is 3.30. The second-order valence-electron chi connectivity index (χ2n) is 4.95. The third kappa shape index (κ3) is 3.60. The van der Waals surface area contributed by atoms with Gasteiger partial charge in [-0.3, -0.25) is 4.79 Å². The van der Waals surface area contributed by atoms with Crippen molar-refractivity contribution in [1.82, 2.24) is 10.2 Å². The molecule has 3 rings (SSSR count). The molecule has 1 heterocycles. The molecule has 0 aliphatic carbocycles. The predicted octanol–water partition coefficient (Wildman–Crippen LogP) is 3.73. The standard InChI is InChI=1S/C17H14N2O3S/c1-11-4-2-3-5-14(11)16-18-19-17(22-16)23-10-15(21)12-6-8-13(20)9-7-12/h2-9,20H,10H2,1H3. The Bertz CT molecular complexity index is 828. The number of phenolic OH excluding ortho intramolecular Hbond substituents is 1. The van der Waals surface area contributed by atoms with Gasteiger partial charge in [0.1, 0.15) is 5.75 Å². The van der Waals surface area contributed by atoms with Gasteiger partial charge in [0.2, 0.25) is 5.89 Å². The van der Waals surface area contributed by atoms with E-state index < -0.39 is 0 Å². The van der Waals surface area contributed by atoms with Gasteiger partial charge in [-0.05, 0) is 42.8 Å². The van der Waals surface area contributed by atoms with Gasteiger partial charge >= 0.3 is 0 Å². The number of carbonyl (C=O) groups excluding carboxylic acids is 1. The van der Waals surface area contributed by atoms with Gasteiger partial charge in [0.15, 0.2) is 5.78 Å². The molecule has 0 spiro atoms. The number of ketones is 1. The number of aryl methyl sites for hydroxylation is 1. The highest BCUT2D eigenvalue weighted by Crippen LogP contribution is 2.26. The van der Waals surface area contributed by atoms with Gasteiger partial charge in [0, 0.05) is 11.1 Å². The van der Waals surface area contributed by atoms with Crippen LogP contribution in [-0.4, -0.2) is 26.8 Å². The smallest absolute Gasteiger partial charge is 0.277 e. The van der Waals surface area contributed by atoms with Crippen molar-refractivity contribution >= 4 is 17.5 Å². The number of Topliss-reactive ketones (excluding diaryl/α,β-unsaturated/α-hetero) is 1. The number of nitrogens with zero attached hydrogens (tertiary/aromatic N) is 2. The lowest BCUT2D eigenvalue weighted by Crippen LogP contribution is -2.01. The van der Waals surface area contributed by atoms with E-state index in [0.29, 0.717) is 16.7 Å². The molecule has 0 aliphatic heterocycles. The van der Waals surface area contributed by atoms with E-state index in [1.54, 1.807) is 12.1 Å². The summed E-state index contributed by atoms with van der Waals surface area (Å²) in [7, 11) is 0. The van der Waals surface area contributed by atoms with E-state index in [0.717, 1.165) is 11.1 Å². The molecule has 0 atom stereocenters. The number of thioether (sulfide) groups is 1. The van der Waals surface area contributed by atoms with Gasteiger partial charge in [0.05, 0.1) is 5.75 Å². The zero-order chi connectivity index (χ0) is 16.2. The summed E-state index contributed by atoms with van der Waals surface area (Å²) in [6.07, 6.45) is 0. The first-order chi connectivity index (χ1) is 11.1. The third-order valence-corrected chi connectivity index (χ3v) is 4.12. The second kappa shape index (κ2) is 6.66. The number of hydrogen-bond donors (Lipinski definition) is 1. The summed E-state index contributed by atoms with van der Waals surface area (Å²) >= 11 is 1.20. The van der Waals surface area contributed by atoms with Crippen LogP contribution in [0.5, 0.6) is 5.75 Å². The number of benzene rings is 2. The van der Waals surface area contributed by atoms with Gasteiger partial charge in [-0.25, -0.2) is 0 Å². The van der Waals surface area contributed by atoms with Gasteiger partial charge < -0.3 is 9.52 Å². The van der Waals surface area contributed by atoms with Crippen LogP contribution in [0.2, 0.25) is 0 Å². The first-order valence-corrected chi connectivity index (χ1v) is 7.96. The Labute approximate surface area is 137 Å². The Morgan fingerprint density at radius 3 is 2.61 bits per heavy atom. The molecule has 0 amide bonds. The molecule has 0 radical (unpaired) electrons. The second-order valence-corrected chi connectivity index (χ2v) is 5.87. The number of carbonyl (C=O) groups is 1. The van der Waals surface area contributed by atoms with Crippen molar-refractivity contribution in [3.8, 4) is 17.2 Å². The molecular formula is C17H14N2O3S. The summed E-state index contributed by atoms with van der Waals surface area (Å²) in [5.74, 6) is 0.711. The summed E-state index contributed by atoms with van der Waals surface area (Å²) in [6.45, 7) is 1.97. The lowest BCUT2D eigenvalue weighted by molar-refractivity contribution is 0.102. The Morgan fingerprint density at radius 1 is 1.13 bits per heavy atom. The first kappa shape index (κ1) is 15.3. The molecule has 6 heteroatoms. The van der Waals surface area contributed by atoms with Gasteiger partial charge in [-0.2, -0.15) is 0 Å². The van der Waals surface area contributed by atoms with E-state index in [-0.39, 0.29) is 17.3 Å². The fourth-order valence-corrected chi connectivity index (χ4v) is 2.71. The Hall–Kier alpha value is -2.60. The maximum absolute atomic E-state index is 12.1. The number of aromatic nitrogens is 2. The first-order valence-electron chi connectivity index (χ1n) is 6.98. The van der Waals surface area contributed by atoms with Crippen molar-refractivity contribution in [2.45, 2.75) is 12.1 Å². The van der Waals surface area contributed by atoms with Crippen LogP contribution < -0.4 is 0 Å². The maximum Gasteiger partial charge on any atom is 0.277 e. The van der Waals surface area contributed by atoms with Gasteiger partial charge in [0.25, 0.3) is 5.22 Å². The van der Waals surface area contributed by atoms with Crippen LogP contribution >= 0.6 is 11.8 Å². The molecule has 23 heavy (non-hydrogen) atoms. The molecule has 116 valence electrons. The largest absolute Gasteiger partial charge is 0.508 e. The minimum atomic E-state index is -0.0642. The fourth-order valence-electron chi connectivity index (χ4n) is 2.05. The molecule has 2 aromatic carbocycles. The summed E-state index contributed by atoms with van der Waals surface area (Å²) in [6, 6.07) is 13.9. The zero-order valence-corrected chi connectivity index (χ0v) is 13.2. The predicted molar refractivity (Wildman–Crippen MR) is 87.6 cm³/mol. The van der Waals surface area contributed by atoms with E-state index in [4.69, 9.17) is 4.42 Å². The lowest BCUT2D eigenvalue weighted by Gasteiger charge is -2.00. The van der Waals surface area contributed by atoms with Crippen molar-refractivity contribution in [2.75, 3.05) is 5.75 Å². The van der Waals surface area contributed by atoms with Crippen LogP contribution in [0, 0.1) is 6.92 Å². The zero-order valence-electron chi connectivity index (χ0n) is 12.4. The normalized spacial score (nSPS) is 10.7. The topological polar surface area (TPSA) is 76.2 Å². The highest BCUT2D eigenvalue weighted by atomic mass is 32.2. The Balaban J connectivity index is 1.67. The Kier molecular flexibility index (Phi) is 4.43. The molecule has 5 nitrogen and oxygen atoms in total. The van der Waals surface area contributed by atoms with E-state index in [1.165, 1.54) is 23.9 Å². The average Bonchev–Trinajstić information content (AvgIpc) is 3.02. The molecule has 0 unspecified atom stereocenters. The van der Waals surface area contributed by atoms with Crippen molar-refractivity contribution in [1.29, 1.82) is 0 Å². The van der Waals surface area contributed by atoms with E-state index in [2.05, 4.69) is 10.2 Å². The number of phenols is 1. The van der Waals surface area contributed by atoms with Crippen LogP contribution in [0.3, 0.4) is 0 Å². The van der Waals surface area contributed by atoms with Crippen LogP contribution in [0.1, 0.15) is 15.9 Å². The van der Waals surface area contributed by atoms with E-state index in [9.17, 15) is 9.90 Å². The SMILES string of the molecule is Cc1ccccc1-c1nnc(SCC(=O)c2ccc(O)cc2)o1. The molecule has 0 saturated carbocycles.